The number of rotatable bonds is 8. The number of furan rings is 1. The number of ether oxygens (including phenoxy) is 1. The van der Waals surface area contributed by atoms with Crippen LogP contribution >= 0.6 is 24.8 Å². The highest BCUT2D eigenvalue weighted by Crippen LogP contribution is 2.27. The van der Waals surface area contributed by atoms with Crippen LogP contribution in [0.4, 0.5) is 0 Å². The maximum atomic E-state index is 12.7. The van der Waals surface area contributed by atoms with Crippen LogP contribution in [-0.4, -0.2) is 50.2 Å². The van der Waals surface area contributed by atoms with Gasteiger partial charge in [-0.3, -0.25) is 9.69 Å². The van der Waals surface area contributed by atoms with Crippen molar-refractivity contribution in [3.8, 4) is 0 Å². The third kappa shape index (κ3) is 5.86. The first-order valence-corrected chi connectivity index (χ1v) is 8.92. The van der Waals surface area contributed by atoms with Gasteiger partial charge in [0.05, 0.1) is 24.7 Å². The lowest BCUT2D eigenvalue weighted by Crippen LogP contribution is -2.49. The second kappa shape index (κ2) is 11.8. The van der Waals surface area contributed by atoms with E-state index in [9.17, 15) is 4.79 Å². The number of nitrogens with two attached hydrogens (primary N) is 1. The van der Waals surface area contributed by atoms with Crippen molar-refractivity contribution in [2.45, 2.75) is 39.7 Å². The van der Waals surface area contributed by atoms with Gasteiger partial charge in [-0.1, -0.05) is 13.8 Å². The van der Waals surface area contributed by atoms with Crippen molar-refractivity contribution in [3.63, 3.8) is 0 Å². The van der Waals surface area contributed by atoms with Gasteiger partial charge in [0.15, 0.2) is 0 Å². The molecule has 2 rings (SSSR count). The van der Waals surface area contributed by atoms with E-state index >= 15 is 0 Å². The molecule has 2 heterocycles. The van der Waals surface area contributed by atoms with E-state index in [-0.39, 0.29) is 36.8 Å². The average Bonchev–Trinajstić information content (AvgIpc) is 3.04. The number of hydrogen-bond donors (Lipinski definition) is 2. The Balaban J connectivity index is 0.00000312. The molecular formula is C18H33Cl2N3O3. The fourth-order valence-electron chi connectivity index (χ4n) is 3.26. The summed E-state index contributed by atoms with van der Waals surface area (Å²) in [6, 6.07) is 3.99. The number of morpholine rings is 1. The van der Waals surface area contributed by atoms with Gasteiger partial charge in [-0.25, -0.2) is 0 Å². The van der Waals surface area contributed by atoms with E-state index in [0.717, 1.165) is 37.5 Å². The summed E-state index contributed by atoms with van der Waals surface area (Å²) >= 11 is 0. The third-order valence-corrected chi connectivity index (χ3v) is 5.26. The molecule has 1 amide bonds. The fraction of sp³-hybridized carbons (Fsp3) is 0.722. The van der Waals surface area contributed by atoms with Crippen molar-refractivity contribution in [2.24, 2.45) is 11.1 Å². The highest BCUT2D eigenvalue weighted by Gasteiger charge is 2.34. The van der Waals surface area contributed by atoms with E-state index in [0.29, 0.717) is 26.3 Å². The first-order valence-electron chi connectivity index (χ1n) is 8.92. The third-order valence-electron chi connectivity index (χ3n) is 5.26. The number of hydrogen-bond acceptors (Lipinski definition) is 5. The molecule has 0 spiro atoms. The smallest absolute Gasteiger partial charge is 0.227 e. The van der Waals surface area contributed by atoms with Crippen molar-refractivity contribution in [2.75, 3.05) is 39.4 Å². The Bertz CT molecular complexity index is 521. The normalized spacial score (nSPS) is 16.3. The summed E-state index contributed by atoms with van der Waals surface area (Å²) in [6.07, 6.45) is 1.49. The van der Waals surface area contributed by atoms with Crippen LogP contribution in [0, 0.1) is 12.3 Å². The number of nitrogens with zero attached hydrogens (tertiary/aromatic N) is 1. The molecule has 1 saturated heterocycles. The summed E-state index contributed by atoms with van der Waals surface area (Å²) in [7, 11) is 0. The first-order chi connectivity index (χ1) is 11.6. The van der Waals surface area contributed by atoms with E-state index in [2.05, 4.69) is 10.2 Å². The summed E-state index contributed by atoms with van der Waals surface area (Å²) in [5.41, 5.74) is 5.41. The lowest BCUT2D eigenvalue weighted by molar-refractivity contribution is -0.131. The van der Waals surface area contributed by atoms with E-state index < -0.39 is 5.41 Å². The number of amides is 1. The van der Waals surface area contributed by atoms with Crippen LogP contribution in [0.25, 0.3) is 0 Å². The van der Waals surface area contributed by atoms with Gasteiger partial charge in [0.1, 0.15) is 11.5 Å². The molecule has 0 bridgehead atoms. The summed E-state index contributed by atoms with van der Waals surface area (Å²) in [5.74, 6) is 1.81. The van der Waals surface area contributed by atoms with Gasteiger partial charge in [0, 0.05) is 26.2 Å². The number of halogens is 2. The van der Waals surface area contributed by atoms with Crippen molar-refractivity contribution in [1.82, 2.24) is 10.2 Å². The summed E-state index contributed by atoms with van der Waals surface area (Å²) in [6.45, 7) is 9.96. The van der Waals surface area contributed by atoms with Crippen molar-refractivity contribution < 1.29 is 13.9 Å². The van der Waals surface area contributed by atoms with Crippen LogP contribution in [0.5, 0.6) is 0 Å². The molecule has 152 valence electrons. The van der Waals surface area contributed by atoms with E-state index in [4.69, 9.17) is 14.9 Å². The summed E-state index contributed by atoms with van der Waals surface area (Å²) in [4.78, 5) is 15.0. The molecule has 1 aromatic heterocycles. The van der Waals surface area contributed by atoms with Crippen LogP contribution in [0.1, 0.15) is 44.3 Å². The lowest BCUT2D eigenvalue weighted by Gasteiger charge is -2.35. The molecule has 1 atom stereocenters. The van der Waals surface area contributed by atoms with Crippen LogP contribution in [0.3, 0.4) is 0 Å². The van der Waals surface area contributed by atoms with Gasteiger partial charge in [0.25, 0.3) is 0 Å². The molecule has 0 aromatic carbocycles. The second-order valence-electron chi connectivity index (χ2n) is 6.51. The SMILES string of the molecule is CCC(CC)(CN)C(=O)NCC(c1ccc(C)o1)N1CCOCC1.Cl.Cl. The minimum absolute atomic E-state index is 0. The van der Waals surface area contributed by atoms with Crippen LogP contribution in [0.2, 0.25) is 0 Å². The number of carbonyl (C=O) groups is 1. The molecule has 6 nitrogen and oxygen atoms in total. The zero-order chi connectivity index (χ0) is 17.6. The zero-order valence-corrected chi connectivity index (χ0v) is 17.6. The molecule has 0 saturated carbocycles. The molecule has 1 aliphatic heterocycles. The van der Waals surface area contributed by atoms with Gasteiger partial charge in [-0.15, -0.1) is 24.8 Å². The Hall–Kier alpha value is -0.790. The number of carbonyl (C=O) groups excluding carboxylic acids is 1. The van der Waals surface area contributed by atoms with Gasteiger partial charge < -0.3 is 20.2 Å². The number of aryl methyl sites for hydroxylation is 1. The maximum Gasteiger partial charge on any atom is 0.227 e. The highest BCUT2D eigenvalue weighted by molar-refractivity contribution is 5.85. The zero-order valence-electron chi connectivity index (χ0n) is 16.0. The average molecular weight is 410 g/mol. The van der Waals surface area contributed by atoms with Gasteiger partial charge >= 0.3 is 0 Å². The van der Waals surface area contributed by atoms with Crippen LogP contribution in [0.15, 0.2) is 16.5 Å². The lowest BCUT2D eigenvalue weighted by atomic mass is 9.81. The molecule has 0 aliphatic carbocycles. The molecule has 1 aromatic rings. The topological polar surface area (TPSA) is 80.7 Å². The van der Waals surface area contributed by atoms with Crippen molar-refractivity contribution in [1.29, 1.82) is 0 Å². The standard InChI is InChI=1S/C18H31N3O3.2ClH/c1-4-18(5-2,13-19)17(22)20-12-15(16-7-6-14(3)24-16)21-8-10-23-11-9-21;;/h6-7,15H,4-5,8-13,19H2,1-3H3,(H,20,22);2*1H. The van der Waals surface area contributed by atoms with Gasteiger partial charge in [0.2, 0.25) is 5.91 Å². The highest BCUT2D eigenvalue weighted by atomic mass is 35.5. The van der Waals surface area contributed by atoms with Crippen molar-refractivity contribution in [3.05, 3.63) is 23.7 Å². The predicted molar refractivity (Wildman–Crippen MR) is 108 cm³/mol. The van der Waals surface area contributed by atoms with Gasteiger partial charge in [-0.05, 0) is 31.9 Å². The predicted octanol–water partition coefficient (Wildman–Crippen LogP) is 2.69. The molecule has 26 heavy (non-hydrogen) atoms. The quantitative estimate of drug-likeness (QED) is 0.689. The van der Waals surface area contributed by atoms with E-state index in [1.165, 1.54) is 0 Å². The maximum absolute atomic E-state index is 12.7. The second-order valence-corrected chi connectivity index (χ2v) is 6.51. The Morgan fingerprint density at radius 3 is 2.35 bits per heavy atom. The minimum atomic E-state index is -0.478. The molecule has 1 aliphatic rings. The van der Waals surface area contributed by atoms with Gasteiger partial charge in [-0.2, -0.15) is 0 Å². The van der Waals surface area contributed by atoms with E-state index in [1.807, 2.05) is 32.9 Å². The monoisotopic (exact) mass is 409 g/mol. The van der Waals surface area contributed by atoms with E-state index in [1.54, 1.807) is 0 Å². The van der Waals surface area contributed by atoms with Crippen LogP contribution in [-0.2, 0) is 9.53 Å². The number of nitrogens with one attached hydrogen (secondary N) is 1. The Morgan fingerprint density at radius 2 is 1.88 bits per heavy atom. The minimum Gasteiger partial charge on any atom is -0.465 e. The van der Waals surface area contributed by atoms with Crippen molar-refractivity contribution >= 4 is 30.7 Å². The fourth-order valence-corrected chi connectivity index (χ4v) is 3.26. The molecule has 8 heteroatoms. The molecule has 0 radical (unpaired) electrons. The summed E-state index contributed by atoms with van der Waals surface area (Å²) in [5, 5.41) is 3.12. The first kappa shape index (κ1) is 25.2. The Morgan fingerprint density at radius 1 is 1.27 bits per heavy atom. The largest absolute Gasteiger partial charge is 0.465 e. The molecule has 1 unspecified atom stereocenters. The van der Waals surface area contributed by atoms with Crippen LogP contribution < -0.4 is 11.1 Å². The Labute approximate surface area is 169 Å². The molecule has 1 fully saturated rings. The molecular weight excluding hydrogens is 377 g/mol. The molecule has 3 N–H and O–H groups in total. The Kier molecular flexibility index (Phi) is 11.5. The summed E-state index contributed by atoms with van der Waals surface area (Å²) < 4.78 is 11.3.